The second kappa shape index (κ2) is 5.39. The zero-order valence-corrected chi connectivity index (χ0v) is 10.1. The summed E-state index contributed by atoms with van der Waals surface area (Å²) in [5.74, 6) is 1.79. The number of methoxy groups -OCH3 is 2. The molecule has 0 atom stereocenters. The van der Waals surface area contributed by atoms with Gasteiger partial charge in [0.25, 0.3) is 0 Å². The Hall–Kier alpha value is -1.96. The molecule has 0 aliphatic rings. The molecule has 2 rings (SSSR count). The van der Waals surface area contributed by atoms with Crippen molar-refractivity contribution in [1.82, 2.24) is 0 Å². The molecule has 0 aromatic heterocycles. The van der Waals surface area contributed by atoms with Crippen LogP contribution in [0.25, 0.3) is 0 Å². The fourth-order valence-corrected chi connectivity index (χ4v) is 1.76. The van der Waals surface area contributed by atoms with Gasteiger partial charge in [0.1, 0.15) is 11.5 Å². The average Bonchev–Trinajstić information content (AvgIpc) is 2.40. The Bertz CT molecular complexity index is 475. The van der Waals surface area contributed by atoms with Crippen LogP contribution in [-0.2, 0) is 6.42 Å². The first-order chi connectivity index (χ1) is 8.31. The van der Waals surface area contributed by atoms with Crippen molar-refractivity contribution in [3.8, 4) is 11.5 Å². The van der Waals surface area contributed by atoms with Gasteiger partial charge in [0.15, 0.2) is 0 Å². The first kappa shape index (κ1) is 11.5. The standard InChI is InChI=1S/C15H16O2/c1-16-14-8-6-12(7-9-14)10-13-4-3-5-15(11-13)17-2/h3-9,11H,10H2,1-2H3. The monoisotopic (exact) mass is 228 g/mol. The molecule has 17 heavy (non-hydrogen) atoms. The van der Waals surface area contributed by atoms with E-state index in [-0.39, 0.29) is 0 Å². The summed E-state index contributed by atoms with van der Waals surface area (Å²) in [6.07, 6.45) is 0.904. The number of ether oxygens (including phenoxy) is 2. The molecule has 0 amide bonds. The molecule has 0 spiro atoms. The predicted octanol–water partition coefficient (Wildman–Crippen LogP) is 3.29. The van der Waals surface area contributed by atoms with Gasteiger partial charge in [-0.2, -0.15) is 0 Å². The van der Waals surface area contributed by atoms with Gasteiger partial charge < -0.3 is 9.47 Å². The molecular formula is C15H16O2. The van der Waals surface area contributed by atoms with Crippen molar-refractivity contribution in [3.63, 3.8) is 0 Å². The van der Waals surface area contributed by atoms with Crippen LogP contribution in [0.2, 0.25) is 0 Å². The van der Waals surface area contributed by atoms with Crippen LogP contribution < -0.4 is 9.47 Å². The quantitative estimate of drug-likeness (QED) is 0.799. The molecule has 0 heterocycles. The van der Waals surface area contributed by atoms with Crippen molar-refractivity contribution in [3.05, 3.63) is 59.7 Å². The third-order valence-corrected chi connectivity index (χ3v) is 2.70. The highest BCUT2D eigenvalue weighted by Crippen LogP contribution is 2.18. The third kappa shape index (κ3) is 3.00. The summed E-state index contributed by atoms with van der Waals surface area (Å²) >= 11 is 0. The molecule has 0 bridgehead atoms. The highest BCUT2D eigenvalue weighted by atomic mass is 16.5. The molecule has 2 heteroatoms. The van der Waals surface area contributed by atoms with Crippen molar-refractivity contribution in [2.75, 3.05) is 14.2 Å². The molecule has 2 aromatic carbocycles. The molecule has 2 nitrogen and oxygen atoms in total. The van der Waals surface area contributed by atoms with Crippen molar-refractivity contribution in [1.29, 1.82) is 0 Å². The Balaban J connectivity index is 2.13. The first-order valence-electron chi connectivity index (χ1n) is 5.57. The topological polar surface area (TPSA) is 18.5 Å². The van der Waals surface area contributed by atoms with Crippen molar-refractivity contribution < 1.29 is 9.47 Å². The Labute approximate surface area is 102 Å². The van der Waals surface area contributed by atoms with Crippen molar-refractivity contribution in [2.24, 2.45) is 0 Å². The van der Waals surface area contributed by atoms with E-state index in [9.17, 15) is 0 Å². The molecule has 0 N–H and O–H groups in total. The molecule has 0 unspecified atom stereocenters. The van der Waals surface area contributed by atoms with Crippen molar-refractivity contribution >= 4 is 0 Å². The fourth-order valence-electron chi connectivity index (χ4n) is 1.76. The minimum absolute atomic E-state index is 0.888. The number of hydrogen-bond acceptors (Lipinski definition) is 2. The zero-order valence-electron chi connectivity index (χ0n) is 10.1. The van der Waals surface area contributed by atoms with E-state index < -0.39 is 0 Å². The summed E-state index contributed by atoms with van der Waals surface area (Å²) in [6.45, 7) is 0. The first-order valence-corrected chi connectivity index (χ1v) is 5.57. The lowest BCUT2D eigenvalue weighted by Crippen LogP contribution is -1.90. The maximum absolute atomic E-state index is 5.21. The highest BCUT2D eigenvalue weighted by molar-refractivity contribution is 5.34. The molecule has 0 aliphatic heterocycles. The van der Waals surface area contributed by atoms with Crippen LogP contribution >= 0.6 is 0 Å². The van der Waals surface area contributed by atoms with Gasteiger partial charge in [0.05, 0.1) is 14.2 Å². The maximum atomic E-state index is 5.21. The van der Waals surface area contributed by atoms with Crippen LogP contribution in [-0.4, -0.2) is 14.2 Å². The predicted molar refractivity (Wildman–Crippen MR) is 68.8 cm³/mol. The summed E-state index contributed by atoms with van der Waals surface area (Å²) in [5.41, 5.74) is 2.51. The van der Waals surface area contributed by atoms with Gasteiger partial charge in [0, 0.05) is 0 Å². The summed E-state index contributed by atoms with van der Waals surface area (Å²) < 4.78 is 10.3. The lowest BCUT2D eigenvalue weighted by Gasteiger charge is -2.05. The van der Waals surface area contributed by atoms with Gasteiger partial charge in [-0.25, -0.2) is 0 Å². The fraction of sp³-hybridized carbons (Fsp3) is 0.200. The van der Waals surface area contributed by atoms with Gasteiger partial charge in [0.2, 0.25) is 0 Å². The Kier molecular flexibility index (Phi) is 3.66. The molecule has 0 fully saturated rings. The van der Waals surface area contributed by atoms with E-state index in [2.05, 4.69) is 24.3 Å². The lowest BCUT2D eigenvalue weighted by atomic mass is 10.0. The number of hydrogen-bond donors (Lipinski definition) is 0. The van der Waals surface area contributed by atoms with E-state index in [0.717, 1.165) is 17.9 Å². The summed E-state index contributed by atoms with van der Waals surface area (Å²) in [4.78, 5) is 0. The molecule has 0 saturated heterocycles. The van der Waals surface area contributed by atoms with Crippen LogP contribution in [0.1, 0.15) is 11.1 Å². The normalized spacial score (nSPS) is 10.0. The average molecular weight is 228 g/mol. The highest BCUT2D eigenvalue weighted by Gasteiger charge is 1.99. The number of rotatable bonds is 4. The van der Waals surface area contributed by atoms with Crippen LogP contribution in [0.3, 0.4) is 0 Å². The van der Waals surface area contributed by atoms with E-state index in [1.807, 2.05) is 24.3 Å². The van der Waals surface area contributed by atoms with Gasteiger partial charge in [-0.05, 0) is 41.8 Å². The number of benzene rings is 2. The van der Waals surface area contributed by atoms with E-state index >= 15 is 0 Å². The second-order valence-electron chi connectivity index (χ2n) is 3.88. The Morgan fingerprint density at radius 2 is 1.47 bits per heavy atom. The zero-order chi connectivity index (χ0) is 12.1. The summed E-state index contributed by atoms with van der Waals surface area (Å²) in [6, 6.07) is 16.3. The molecular weight excluding hydrogens is 212 g/mol. The van der Waals surface area contributed by atoms with Gasteiger partial charge >= 0.3 is 0 Å². The Morgan fingerprint density at radius 1 is 0.765 bits per heavy atom. The van der Waals surface area contributed by atoms with Gasteiger partial charge in [-0.3, -0.25) is 0 Å². The van der Waals surface area contributed by atoms with Gasteiger partial charge in [-0.15, -0.1) is 0 Å². The minimum Gasteiger partial charge on any atom is -0.497 e. The van der Waals surface area contributed by atoms with Crippen molar-refractivity contribution in [2.45, 2.75) is 6.42 Å². The van der Waals surface area contributed by atoms with Crippen LogP contribution in [0.15, 0.2) is 48.5 Å². The molecule has 0 saturated carbocycles. The van der Waals surface area contributed by atoms with E-state index in [1.165, 1.54) is 11.1 Å². The van der Waals surface area contributed by atoms with Gasteiger partial charge in [-0.1, -0.05) is 24.3 Å². The van der Waals surface area contributed by atoms with E-state index in [4.69, 9.17) is 9.47 Å². The molecule has 0 radical (unpaired) electrons. The Morgan fingerprint density at radius 3 is 2.12 bits per heavy atom. The summed E-state index contributed by atoms with van der Waals surface area (Å²) in [7, 11) is 3.36. The van der Waals surface area contributed by atoms with Crippen LogP contribution in [0, 0.1) is 0 Å². The van der Waals surface area contributed by atoms with E-state index in [1.54, 1.807) is 14.2 Å². The van der Waals surface area contributed by atoms with Crippen LogP contribution in [0.5, 0.6) is 11.5 Å². The van der Waals surface area contributed by atoms with Crippen LogP contribution in [0.4, 0.5) is 0 Å². The second-order valence-corrected chi connectivity index (χ2v) is 3.88. The summed E-state index contributed by atoms with van der Waals surface area (Å²) in [5, 5.41) is 0. The minimum atomic E-state index is 0.888. The SMILES string of the molecule is COc1ccc(Cc2cccc(OC)c2)cc1. The molecule has 2 aromatic rings. The maximum Gasteiger partial charge on any atom is 0.119 e. The smallest absolute Gasteiger partial charge is 0.119 e. The molecule has 0 aliphatic carbocycles. The van der Waals surface area contributed by atoms with E-state index in [0.29, 0.717) is 0 Å². The molecule has 88 valence electrons. The largest absolute Gasteiger partial charge is 0.497 e. The lowest BCUT2D eigenvalue weighted by molar-refractivity contribution is 0.414. The third-order valence-electron chi connectivity index (χ3n) is 2.70.